The number of carbonyl (C=O) groups is 2. The second-order valence-corrected chi connectivity index (χ2v) is 4.74. The van der Waals surface area contributed by atoms with Gasteiger partial charge in [0, 0.05) is 31.0 Å². The first kappa shape index (κ1) is 15.7. The first-order valence-electron chi connectivity index (χ1n) is 6.85. The van der Waals surface area contributed by atoms with Gasteiger partial charge < -0.3 is 15.4 Å². The maximum absolute atomic E-state index is 12.1. The Hall–Kier alpha value is -2.66. The SMILES string of the molecule is CNC(=O)c1ccc(NC(=O)c2ccc(COC)cc2)cc1. The Balaban J connectivity index is 2.03. The Morgan fingerprint density at radius 3 is 2.00 bits per heavy atom. The zero-order valence-electron chi connectivity index (χ0n) is 12.6. The van der Waals surface area contributed by atoms with Gasteiger partial charge in [-0.15, -0.1) is 0 Å². The fraction of sp³-hybridized carbons (Fsp3) is 0.176. The van der Waals surface area contributed by atoms with Crippen molar-refractivity contribution in [1.29, 1.82) is 0 Å². The van der Waals surface area contributed by atoms with Crippen molar-refractivity contribution < 1.29 is 14.3 Å². The summed E-state index contributed by atoms with van der Waals surface area (Å²) >= 11 is 0. The molecule has 0 heterocycles. The smallest absolute Gasteiger partial charge is 0.255 e. The molecule has 2 aromatic rings. The van der Waals surface area contributed by atoms with Gasteiger partial charge in [0.05, 0.1) is 6.61 Å². The van der Waals surface area contributed by atoms with E-state index in [0.29, 0.717) is 23.4 Å². The molecule has 2 N–H and O–H groups in total. The van der Waals surface area contributed by atoms with Gasteiger partial charge in [0.2, 0.25) is 0 Å². The van der Waals surface area contributed by atoms with Gasteiger partial charge >= 0.3 is 0 Å². The third-order valence-corrected chi connectivity index (χ3v) is 3.16. The van der Waals surface area contributed by atoms with Crippen molar-refractivity contribution >= 4 is 17.5 Å². The highest BCUT2D eigenvalue weighted by Crippen LogP contribution is 2.12. The maximum Gasteiger partial charge on any atom is 0.255 e. The third kappa shape index (κ3) is 3.93. The lowest BCUT2D eigenvalue weighted by Crippen LogP contribution is -2.17. The van der Waals surface area contributed by atoms with E-state index in [1.54, 1.807) is 50.6 Å². The van der Waals surface area contributed by atoms with E-state index in [9.17, 15) is 9.59 Å². The van der Waals surface area contributed by atoms with Gasteiger partial charge in [0.25, 0.3) is 11.8 Å². The highest BCUT2D eigenvalue weighted by Gasteiger charge is 2.07. The number of anilines is 1. The minimum absolute atomic E-state index is 0.161. The molecule has 5 heteroatoms. The van der Waals surface area contributed by atoms with Crippen LogP contribution in [-0.2, 0) is 11.3 Å². The Labute approximate surface area is 129 Å². The van der Waals surface area contributed by atoms with Crippen LogP contribution in [0.3, 0.4) is 0 Å². The van der Waals surface area contributed by atoms with E-state index in [4.69, 9.17) is 4.74 Å². The van der Waals surface area contributed by atoms with Gasteiger partial charge in [-0.05, 0) is 42.0 Å². The molecule has 0 aliphatic heterocycles. The number of rotatable bonds is 5. The topological polar surface area (TPSA) is 67.4 Å². The van der Waals surface area contributed by atoms with Crippen LogP contribution in [0.5, 0.6) is 0 Å². The quantitative estimate of drug-likeness (QED) is 0.891. The Kier molecular flexibility index (Phi) is 5.27. The molecule has 2 amide bonds. The molecule has 0 fully saturated rings. The van der Waals surface area contributed by atoms with Crippen LogP contribution in [0, 0.1) is 0 Å². The predicted octanol–water partition coefficient (Wildman–Crippen LogP) is 2.44. The minimum Gasteiger partial charge on any atom is -0.380 e. The van der Waals surface area contributed by atoms with Crippen molar-refractivity contribution in [2.24, 2.45) is 0 Å². The summed E-state index contributed by atoms with van der Waals surface area (Å²) < 4.78 is 5.03. The van der Waals surface area contributed by atoms with Gasteiger partial charge in [-0.3, -0.25) is 9.59 Å². The second kappa shape index (κ2) is 7.38. The maximum atomic E-state index is 12.1. The summed E-state index contributed by atoms with van der Waals surface area (Å²) in [5, 5.41) is 5.34. The number of ether oxygens (including phenoxy) is 1. The molecule has 0 bridgehead atoms. The standard InChI is InChI=1S/C17H18N2O3/c1-18-16(20)13-7-9-15(10-8-13)19-17(21)14-5-3-12(4-6-14)11-22-2/h3-10H,11H2,1-2H3,(H,18,20)(H,19,21). The number of methoxy groups -OCH3 is 1. The molecule has 22 heavy (non-hydrogen) atoms. The number of hydrogen-bond acceptors (Lipinski definition) is 3. The van der Waals surface area contributed by atoms with Gasteiger partial charge in [0.1, 0.15) is 0 Å². The van der Waals surface area contributed by atoms with E-state index in [2.05, 4.69) is 10.6 Å². The van der Waals surface area contributed by atoms with E-state index >= 15 is 0 Å². The van der Waals surface area contributed by atoms with E-state index < -0.39 is 0 Å². The predicted molar refractivity (Wildman–Crippen MR) is 84.9 cm³/mol. The fourth-order valence-electron chi connectivity index (χ4n) is 1.97. The van der Waals surface area contributed by atoms with Crippen LogP contribution in [0.1, 0.15) is 26.3 Å². The summed E-state index contributed by atoms with van der Waals surface area (Å²) in [6.07, 6.45) is 0. The van der Waals surface area contributed by atoms with Crippen LogP contribution < -0.4 is 10.6 Å². The van der Waals surface area contributed by atoms with Crippen LogP contribution >= 0.6 is 0 Å². The highest BCUT2D eigenvalue weighted by molar-refractivity contribution is 6.04. The lowest BCUT2D eigenvalue weighted by atomic mass is 10.1. The molecular formula is C17H18N2O3. The average Bonchev–Trinajstić information content (AvgIpc) is 2.55. The fourth-order valence-corrected chi connectivity index (χ4v) is 1.97. The van der Waals surface area contributed by atoms with Crippen LogP contribution in [-0.4, -0.2) is 26.0 Å². The number of amides is 2. The zero-order chi connectivity index (χ0) is 15.9. The van der Waals surface area contributed by atoms with E-state index in [-0.39, 0.29) is 11.8 Å². The molecule has 114 valence electrons. The van der Waals surface area contributed by atoms with Gasteiger partial charge in [-0.1, -0.05) is 12.1 Å². The van der Waals surface area contributed by atoms with Crippen molar-refractivity contribution in [1.82, 2.24) is 5.32 Å². The molecular weight excluding hydrogens is 280 g/mol. The minimum atomic E-state index is -0.198. The average molecular weight is 298 g/mol. The van der Waals surface area contributed by atoms with Crippen LogP contribution in [0.2, 0.25) is 0 Å². The van der Waals surface area contributed by atoms with Gasteiger partial charge in [0.15, 0.2) is 0 Å². The van der Waals surface area contributed by atoms with Crippen molar-refractivity contribution in [3.63, 3.8) is 0 Å². The Morgan fingerprint density at radius 2 is 1.45 bits per heavy atom. The highest BCUT2D eigenvalue weighted by atomic mass is 16.5. The molecule has 0 saturated carbocycles. The van der Waals surface area contributed by atoms with Crippen molar-refractivity contribution in [3.8, 4) is 0 Å². The van der Waals surface area contributed by atoms with E-state index in [1.165, 1.54) is 0 Å². The van der Waals surface area contributed by atoms with E-state index in [0.717, 1.165) is 5.56 Å². The summed E-state index contributed by atoms with van der Waals surface area (Å²) in [5.74, 6) is -0.358. The van der Waals surface area contributed by atoms with Gasteiger partial charge in [-0.2, -0.15) is 0 Å². The van der Waals surface area contributed by atoms with Crippen molar-refractivity contribution in [2.75, 3.05) is 19.5 Å². The van der Waals surface area contributed by atoms with Crippen molar-refractivity contribution in [2.45, 2.75) is 6.61 Å². The van der Waals surface area contributed by atoms with E-state index in [1.807, 2.05) is 12.1 Å². The lowest BCUT2D eigenvalue weighted by Gasteiger charge is -2.07. The molecule has 2 rings (SSSR count). The normalized spacial score (nSPS) is 10.1. The molecule has 0 aromatic heterocycles. The molecule has 0 atom stereocenters. The first-order valence-corrected chi connectivity index (χ1v) is 6.85. The number of hydrogen-bond donors (Lipinski definition) is 2. The van der Waals surface area contributed by atoms with Crippen molar-refractivity contribution in [3.05, 3.63) is 65.2 Å². The molecule has 2 aromatic carbocycles. The third-order valence-electron chi connectivity index (χ3n) is 3.16. The number of benzene rings is 2. The molecule has 0 aliphatic rings. The molecule has 0 unspecified atom stereocenters. The van der Waals surface area contributed by atoms with Crippen LogP contribution in [0.25, 0.3) is 0 Å². The Bertz CT molecular complexity index is 649. The second-order valence-electron chi connectivity index (χ2n) is 4.74. The monoisotopic (exact) mass is 298 g/mol. The summed E-state index contributed by atoms with van der Waals surface area (Å²) in [7, 11) is 3.20. The lowest BCUT2D eigenvalue weighted by molar-refractivity contribution is 0.0962. The molecule has 0 radical (unpaired) electrons. The van der Waals surface area contributed by atoms with Crippen LogP contribution in [0.15, 0.2) is 48.5 Å². The Morgan fingerprint density at radius 1 is 0.909 bits per heavy atom. The molecule has 0 saturated heterocycles. The zero-order valence-corrected chi connectivity index (χ0v) is 12.6. The molecule has 0 spiro atoms. The van der Waals surface area contributed by atoms with Gasteiger partial charge in [-0.25, -0.2) is 0 Å². The van der Waals surface area contributed by atoms with Crippen LogP contribution in [0.4, 0.5) is 5.69 Å². The summed E-state index contributed by atoms with van der Waals surface area (Å²) in [6, 6.07) is 13.9. The summed E-state index contributed by atoms with van der Waals surface area (Å²) in [5.41, 5.74) is 2.76. The molecule has 5 nitrogen and oxygen atoms in total. The first-order chi connectivity index (χ1) is 10.6. The number of carbonyl (C=O) groups excluding carboxylic acids is 2. The number of nitrogens with one attached hydrogen (secondary N) is 2. The molecule has 0 aliphatic carbocycles. The largest absolute Gasteiger partial charge is 0.380 e. The summed E-state index contributed by atoms with van der Waals surface area (Å²) in [6.45, 7) is 0.517. The summed E-state index contributed by atoms with van der Waals surface area (Å²) in [4.78, 5) is 23.6.